The highest BCUT2D eigenvalue weighted by Crippen LogP contribution is 2.24. The molecule has 1 aliphatic heterocycles. The molecule has 23 heavy (non-hydrogen) atoms. The van der Waals surface area contributed by atoms with Crippen LogP contribution in [0.4, 0.5) is 5.69 Å². The topological polar surface area (TPSA) is 69.6 Å². The van der Waals surface area contributed by atoms with Gasteiger partial charge in [0.15, 0.2) is 0 Å². The molecular weight excluding hydrogens is 292 g/mol. The molecule has 1 fully saturated rings. The van der Waals surface area contributed by atoms with Crippen molar-refractivity contribution in [3.63, 3.8) is 0 Å². The first-order valence-corrected chi connectivity index (χ1v) is 7.82. The second-order valence-corrected chi connectivity index (χ2v) is 6.01. The van der Waals surface area contributed by atoms with Crippen molar-refractivity contribution >= 4 is 28.3 Å². The van der Waals surface area contributed by atoms with Gasteiger partial charge in [-0.2, -0.15) is 0 Å². The van der Waals surface area contributed by atoms with E-state index >= 15 is 0 Å². The van der Waals surface area contributed by atoms with Crippen LogP contribution in [0.25, 0.3) is 10.8 Å². The zero-order valence-electron chi connectivity index (χ0n) is 13.0. The molecule has 120 valence electrons. The summed E-state index contributed by atoms with van der Waals surface area (Å²) in [7, 11) is 0. The van der Waals surface area contributed by atoms with Crippen molar-refractivity contribution in [2.45, 2.75) is 19.4 Å². The smallest absolute Gasteiger partial charge is 0.307 e. The van der Waals surface area contributed by atoms with E-state index < -0.39 is 5.97 Å². The minimum atomic E-state index is -0.783. The molecule has 1 aliphatic rings. The van der Waals surface area contributed by atoms with Crippen LogP contribution in [0.3, 0.4) is 0 Å². The molecule has 2 N–H and O–H groups in total. The van der Waals surface area contributed by atoms with E-state index in [1.807, 2.05) is 54.3 Å². The van der Waals surface area contributed by atoms with Crippen molar-refractivity contribution in [3.8, 4) is 0 Å². The molecule has 0 aliphatic carbocycles. The highest BCUT2D eigenvalue weighted by atomic mass is 16.4. The lowest BCUT2D eigenvalue weighted by Gasteiger charge is -2.23. The van der Waals surface area contributed by atoms with Gasteiger partial charge < -0.3 is 10.4 Å². The second-order valence-electron chi connectivity index (χ2n) is 6.01. The summed E-state index contributed by atoms with van der Waals surface area (Å²) in [5.74, 6) is -1.26. The fraction of sp³-hybridized carbons (Fsp3) is 0.333. The number of amides is 1. The molecule has 2 aromatic rings. The van der Waals surface area contributed by atoms with Crippen molar-refractivity contribution in [2.75, 3.05) is 18.4 Å². The molecule has 0 bridgehead atoms. The van der Waals surface area contributed by atoms with Gasteiger partial charge >= 0.3 is 5.97 Å². The van der Waals surface area contributed by atoms with Gasteiger partial charge in [0.05, 0.1) is 12.0 Å². The van der Waals surface area contributed by atoms with Gasteiger partial charge in [0, 0.05) is 17.6 Å². The Morgan fingerprint density at radius 2 is 1.96 bits per heavy atom. The fourth-order valence-electron chi connectivity index (χ4n) is 3.08. The predicted molar refractivity (Wildman–Crippen MR) is 89.4 cm³/mol. The zero-order valence-corrected chi connectivity index (χ0v) is 13.0. The average molecular weight is 312 g/mol. The van der Waals surface area contributed by atoms with E-state index in [2.05, 4.69) is 5.32 Å². The number of carbonyl (C=O) groups excluding carboxylic acids is 1. The summed E-state index contributed by atoms with van der Waals surface area (Å²) >= 11 is 0. The van der Waals surface area contributed by atoms with Gasteiger partial charge in [-0.25, -0.2) is 0 Å². The summed E-state index contributed by atoms with van der Waals surface area (Å²) in [5.41, 5.74) is 0.786. The maximum absolute atomic E-state index is 12.5. The largest absolute Gasteiger partial charge is 0.481 e. The zero-order chi connectivity index (χ0) is 16.4. The normalized spacial score (nSPS) is 19.6. The Balaban J connectivity index is 1.72. The number of fused-ring (bicyclic) bond motifs is 1. The Morgan fingerprint density at radius 3 is 2.70 bits per heavy atom. The number of likely N-dealkylation sites (tertiary alicyclic amines) is 1. The number of nitrogens with one attached hydrogen (secondary N) is 1. The molecule has 1 amide bonds. The molecule has 2 aromatic carbocycles. The van der Waals surface area contributed by atoms with Crippen molar-refractivity contribution in [1.82, 2.24) is 4.90 Å². The van der Waals surface area contributed by atoms with Crippen LogP contribution in [-0.2, 0) is 9.59 Å². The lowest BCUT2D eigenvalue weighted by atomic mass is 10.1. The molecule has 5 nitrogen and oxygen atoms in total. The minimum absolute atomic E-state index is 0.104. The first-order chi connectivity index (χ1) is 11.1. The van der Waals surface area contributed by atoms with Crippen molar-refractivity contribution in [1.29, 1.82) is 0 Å². The van der Waals surface area contributed by atoms with Crippen LogP contribution in [-0.4, -0.2) is 41.0 Å². The molecule has 3 rings (SSSR count). The number of carboxylic acids is 1. The summed E-state index contributed by atoms with van der Waals surface area (Å²) < 4.78 is 0. The third kappa shape index (κ3) is 3.19. The van der Waals surface area contributed by atoms with Gasteiger partial charge in [-0.1, -0.05) is 36.4 Å². The van der Waals surface area contributed by atoms with E-state index in [9.17, 15) is 9.59 Å². The van der Waals surface area contributed by atoms with Crippen LogP contribution in [0.5, 0.6) is 0 Å². The lowest BCUT2D eigenvalue weighted by molar-refractivity contribution is -0.141. The molecule has 1 heterocycles. The van der Waals surface area contributed by atoms with Crippen molar-refractivity contribution < 1.29 is 14.7 Å². The average Bonchev–Trinajstić information content (AvgIpc) is 3.04. The first-order valence-electron chi connectivity index (χ1n) is 7.82. The van der Waals surface area contributed by atoms with Crippen LogP contribution in [0.2, 0.25) is 0 Å². The van der Waals surface area contributed by atoms with Gasteiger partial charge in [-0.3, -0.25) is 14.5 Å². The molecule has 5 heteroatoms. The minimum Gasteiger partial charge on any atom is -0.481 e. The van der Waals surface area contributed by atoms with Gasteiger partial charge in [-0.15, -0.1) is 0 Å². The molecule has 0 radical (unpaired) electrons. The quantitative estimate of drug-likeness (QED) is 0.910. The maximum atomic E-state index is 12.5. The highest BCUT2D eigenvalue weighted by molar-refractivity contribution is 6.03. The maximum Gasteiger partial charge on any atom is 0.307 e. The van der Waals surface area contributed by atoms with Gasteiger partial charge in [0.25, 0.3) is 0 Å². The summed E-state index contributed by atoms with van der Waals surface area (Å²) in [5, 5.41) is 14.1. The van der Waals surface area contributed by atoms with Crippen LogP contribution >= 0.6 is 0 Å². The van der Waals surface area contributed by atoms with Gasteiger partial charge in [0.2, 0.25) is 5.91 Å². The Kier molecular flexibility index (Phi) is 4.30. The standard InChI is InChI=1S/C18H20N2O3/c1-12(20-10-9-14(11-20)18(22)23)17(21)19-16-8-4-6-13-5-2-3-7-15(13)16/h2-8,12,14H,9-11H2,1H3,(H,19,21)(H,22,23). The van der Waals surface area contributed by atoms with E-state index in [1.54, 1.807) is 0 Å². The fourth-order valence-corrected chi connectivity index (χ4v) is 3.08. The SMILES string of the molecule is CC(C(=O)Nc1cccc2ccccc12)N1CCC(C(=O)O)C1. The van der Waals surface area contributed by atoms with E-state index in [1.165, 1.54) is 0 Å². The molecule has 0 saturated carbocycles. The predicted octanol–water partition coefficient (Wildman–Crippen LogP) is 2.57. The number of anilines is 1. The van der Waals surface area contributed by atoms with Crippen LogP contribution in [0, 0.1) is 5.92 Å². The first kappa shape index (κ1) is 15.5. The Morgan fingerprint density at radius 1 is 1.22 bits per heavy atom. The van der Waals surface area contributed by atoms with E-state index in [-0.39, 0.29) is 17.9 Å². The van der Waals surface area contributed by atoms with Crippen LogP contribution in [0.1, 0.15) is 13.3 Å². The van der Waals surface area contributed by atoms with Gasteiger partial charge in [-0.05, 0) is 31.3 Å². The Bertz CT molecular complexity index is 739. The molecule has 2 unspecified atom stereocenters. The Hall–Kier alpha value is -2.40. The summed E-state index contributed by atoms with van der Waals surface area (Å²) in [6.45, 7) is 2.89. The lowest BCUT2D eigenvalue weighted by Crippen LogP contribution is -2.41. The van der Waals surface area contributed by atoms with Crippen LogP contribution < -0.4 is 5.32 Å². The molecule has 1 saturated heterocycles. The number of aliphatic carboxylic acids is 1. The summed E-state index contributed by atoms with van der Waals surface area (Å²) in [4.78, 5) is 25.5. The van der Waals surface area contributed by atoms with E-state index in [0.717, 1.165) is 16.5 Å². The van der Waals surface area contributed by atoms with Crippen molar-refractivity contribution in [2.24, 2.45) is 5.92 Å². The van der Waals surface area contributed by atoms with Gasteiger partial charge in [0.1, 0.15) is 0 Å². The van der Waals surface area contributed by atoms with Crippen LogP contribution in [0.15, 0.2) is 42.5 Å². The molecule has 2 atom stereocenters. The number of hydrogen-bond acceptors (Lipinski definition) is 3. The number of rotatable bonds is 4. The van der Waals surface area contributed by atoms with E-state index in [0.29, 0.717) is 19.5 Å². The number of carboxylic acid groups (broad SMARTS) is 1. The second kappa shape index (κ2) is 6.38. The molecular formula is C18H20N2O3. The Labute approximate surface area is 134 Å². The summed E-state index contributed by atoms with van der Waals surface area (Å²) in [6, 6.07) is 13.4. The monoisotopic (exact) mass is 312 g/mol. The number of nitrogens with zero attached hydrogens (tertiary/aromatic N) is 1. The molecule has 0 spiro atoms. The molecule has 0 aromatic heterocycles. The van der Waals surface area contributed by atoms with Crippen molar-refractivity contribution in [3.05, 3.63) is 42.5 Å². The highest BCUT2D eigenvalue weighted by Gasteiger charge is 2.33. The van der Waals surface area contributed by atoms with E-state index in [4.69, 9.17) is 5.11 Å². The number of hydrogen-bond donors (Lipinski definition) is 2. The number of benzene rings is 2. The third-order valence-electron chi connectivity index (χ3n) is 4.54. The number of carbonyl (C=O) groups is 2. The third-order valence-corrected chi connectivity index (χ3v) is 4.54. The summed E-state index contributed by atoms with van der Waals surface area (Å²) in [6.07, 6.45) is 0.598.